The van der Waals surface area contributed by atoms with Gasteiger partial charge in [0.15, 0.2) is 0 Å². The summed E-state index contributed by atoms with van der Waals surface area (Å²) in [6.45, 7) is 11.7. The van der Waals surface area contributed by atoms with E-state index in [9.17, 15) is 0 Å². The summed E-state index contributed by atoms with van der Waals surface area (Å²) in [6, 6.07) is 2.06. The van der Waals surface area contributed by atoms with Crippen molar-refractivity contribution in [2.45, 2.75) is 91.3 Å². The van der Waals surface area contributed by atoms with Crippen LogP contribution in [0.15, 0.2) is 0 Å². The smallest absolute Gasteiger partial charge is 0.0218 e. The van der Waals surface area contributed by atoms with Crippen LogP contribution in [0.1, 0.15) is 73.1 Å². The van der Waals surface area contributed by atoms with Crippen molar-refractivity contribution < 1.29 is 0 Å². The lowest BCUT2D eigenvalue weighted by molar-refractivity contribution is 0.0247. The van der Waals surface area contributed by atoms with Crippen molar-refractivity contribution in [1.82, 2.24) is 10.4 Å². The minimum atomic E-state index is 0.660. The Bertz CT molecular complexity index is 195. The summed E-state index contributed by atoms with van der Waals surface area (Å²) in [6.07, 6.45) is 7.92. The average Bonchev–Trinajstić information content (AvgIpc) is 2.32. The van der Waals surface area contributed by atoms with Crippen molar-refractivity contribution >= 4 is 0 Å². The molecule has 1 aliphatic heterocycles. The molecule has 0 amide bonds. The molecule has 1 N–H and O–H groups in total. The van der Waals surface area contributed by atoms with Crippen molar-refractivity contribution in [2.24, 2.45) is 5.92 Å². The topological polar surface area (TPSA) is 15.3 Å². The molecule has 0 radical (unpaired) electrons. The molecular weight excluding hydrogens is 208 g/mol. The van der Waals surface area contributed by atoms with Gasteiger partial charge in [-0.15, -0.1) is 0 Å². The van der Waals surface area contributed by atoms with Crippen molar-refractivity contribution in [3.8, 4) is 0 Å². The normalized spacial score (nSPS) is 30.2. The van der Waals surface area contributed by atoms with E-state index < -0.39 is 0 Å². The Labute approximate surface area is 108 Å². The minimum absolute atomic E-state index is 0.660. The Morgan fingerprint density at radius 2 is 1.71 bits per heavy atom. The van der Waals surface area contributed by atoms with Crippen LogP contribution in [0.2, 0.25) is 0 Å². The second kappa shape index (κ2) is 7.38. The third kappa shape index (κ3) is 4.59. The van der Waals surface area contributed by atoms with Gasteiger partial charge in [-0.1, -0.05) is 33.6 Å². The van der Waals surface area contributed by atoms with Crippen molar-refractivity contribution in [3.63, 3.8) is 0 Å². The molecule has 102 valence electrons. The maximum atomic E-state index is 3.80. The molecule has 1 aliphatic rings. The molecule has 1 rings (SSSR count). The average molecular weight is 240 g/mol. The molecule has 2 nitrogen and oxygen atoms in total. The third-order valence-electron chi connectivity index (χ3n) is 4.40. The molecule has 0 aromatic heterocycles. The number of rotatable bonds is 6. The van der Waals surface area contributed by atoms with Crippen molar-refractivity contribution in [3.05, 3.63) is 0 Å². The van der Waals surface area contributed by atoms with Gasteiger partial charge in [0.25, 0.3) is 0 Å². The van der Waals surface area contributed by atoms with Crippen molar-refractivity contribution in [1.29, 1.82) is 0 Å². The molecule has 0 spiro atoms. The fraction of sp³-hybridized carbons (Fsp3) is 1.00. The first-order valence-corrected chi connectivity index (χ1v) is 7.62. The van der Waals surface area contributed by atoms with E-state index in [4.69, 9.17) is 0 Å². The first-order chi connectivity index (χ1) is 8.08. The lowest BCUT2D eigenvalue weighted by Crippen LogP contribution is -2.55. The predicted molar refractivity (Wildman–Crippen MR) is 75.9 cm³/mol. The quantitative estimate of drug-likeness (QED) is 0.756. The molecule has 1 saturated heterocycles. The molecule has 0 aliphatic carbocycles. The maximum absolute atomic E-state index is 3.80. The van der Waals surface area contributed by atoms with Gasteiger partial charge in [0.1, 0.15) is 0 Å². The zero-order valence-corrected chi connectivity index (χ0v) is 12.5. The number of nitrogens with zero attached hydrogens (tertiary/aromatic N) is 1. The summed E-state index contributed by atoms with van der Waals surface area (Å²) in [4.78, 5) is 0. The van der Waals surface area contributed by atoms with Gasteiger partial charge in [-0.25, -0.2) is 5.01 Å². The summed E-state index contributed by atoms with van der Waals surface area (Å²) in [5, 5.41) is 2.53. The number of nitrogens with one attached hydrogen (secondary N) is 1. The van der Waals surface area contributed by atoms with E-state index in [-0.39, 0.29) is 0 Å². The largest absolute Gasteiger partial charge is 0.252 e. The first kappa shape index (κ1) is 15.0. The highest BCUT2D eigenvalue weighted by Crippen LogP contribution is 2.22. The van der Waals surface area contributed by atoms with Gasteiger partial charge in [-0.3, -0.25) is 5.43 Å². The molecule has 1 heterocycles. The highest BCUT2D eigenvalue weighted by atomic mass is 15.5. The second-order valence-electron chi connectivity index (χ2n) is 6.02. The Balaban J connectivity index is 2.47. The molecule has 17 heavy (non-hydrogen) atoms. The van der Waals surface area contributed by atoms with Gasteiger partial charge < -0.3 is 0 Å². The van der Waals surface area contributed by atoms with E-state index in [1.807, 2.05) is 0 Å². The summed E-state index contributed by atoms with van der Waals surface area (Å²) in [5.74, 6) is 0.836. The van der Waals surface area contributed by atoms with Crippen LogP contribution >= 0.6 is 0 Å². The number of hydrazine groups is 1. The monoisotopic (exact) mass is 240 g/mol. The molecule has 4 unspecified atom stereocenters. The Morgan fingerprint density at radius 1 is 1.12 bits per heavy atom. The third-order valence-corrected chi connectivity index (χ3v) is 4.40. The van der Waals surface area contributed by atoms with Gasteiger partial charge >= 0.3 is 0 Å². The Morgan fingerprint density at radius 3 is 2.18 bits per heavy atom. The van der Waals surface area contributed by atoms with Crippen LogP contribution in [0.4, 0.5) is 0 Å². The highest BCUT2D eigenvalue weighted by Gasteiger charge is 2.26. The predicted octanol–water partition coefficient (Wildman–Crippen LogP) is 3.97. The van der Waals surface area contributed by atoms with E-state index in [1.54, 1.807) is 0 Å². The fourth-order valence-corrected chi connectivity index (χ4v) is 2.85. The van der Waals surface area contributed by atoms with Crippen LogP contribution in [0.5, 0.6) is 0 Å². The number of hydrogen-bond donors (Lipinski definition) is 1. The molecule has 4 atom stereocenters. The molecule has 0 aromatic carbocycles. The molecule has 0 bridgehead atoms. The standard InChI is InChI=1S/C15H32N2/c1-6-12(3)11-15(7-2)16-17-13(4)9-8-10-14(17)5/h12-16H,6-11H2,1-5H3. The fourth-order valence-electron chi connectivity index (χ4n) is 2.85. The zero-order chi connectivity index (χ0) is 12.8. The van der Waals surface area contributed by atoms with Gasteiger partial charge in [-0.05, 0) is 45.4 Å². The van der Waals surface area contributed by atoms with Crippen molar-refractivity contribution in [2.75, 3.05) is 0 Å². The van der Waals surface area contributed by atoms with E-state index in [0.29, 0.717) is 18.1 Å². The molecular formula is C15H32N2. The highest BCUT2D eigenvalue weighted by molar-refractivity contribution is 4.79. The summed E-state index contributed by atoms with van der Waals surface area (Å²) >= 11 is 0. The van der Waals surface area contributed by atoms with Gasteiger partial charge in [0, 0.05) is 18.1 Å². The lowest BCUT2D eigenvalue weighted by atomic mass is 9.97. The minimum Gasteiger partial charge on any atom is -0.252 e. The lowest BCUT2D eigenvalue weighted by Gasteiger charge is -2.41. The van der Waals surface area contributed by atoms with E-state index in [0.717, 1.165) is 5.92 Å². The Kier molecular flexibility index (Phi) is 6.50. The van der Waals surface area contributed by atoms with Gasteiger partial charge in [-0.2, -0.15) is 0 Å². The van der Waals surface area contributed by atoms with Gasteiger partial charge in [0.05, 0.1) is 0 Å². The first-order valence-electron chi connectivity index (χ1n) is 7.62. The van der Waals surface area contributed by atoms with Gasteiger partial charge in [0.2, 0.25) is 0 Å². The molecule has 1 fully saturated rings. The van der Waals surface area contributed by atoms with Crippen LogP contribution in [0.25, 0.3) is 0 Å². The molecule has 0 aromatic rings. The summed E-state index contributed by atoms with van der Waals surface area (Å²) < 4.78 is 0. The number of piperidine rings is 1. The van der Waals surface area contributed by atoms with Crippen LogP contribution in [-0.2, 0) is 0 Å². The maximum Gasteiger partial charge on any atom is 0.0218 e. The zero-order valence-electron chi connectivity index (χ0n) is 12.5. The van der Waals surface area contributed by atoms with Crippen LogP contribution in [0, 0.1) is 5.92 Å². The number of hydrogen-bond acceptors (Lipinski definition) is 2. The van der Waals surface area contributed by atoms with Crippen LogP contribution in [0.3, 0.4) is 0 Å². The molecule has 0 saturated carbocycles. The van der Waals surface area contributed by atoms with E-state index in [2.05, 4.69) is 45.1 Å². The molecule has 2 heteroatoms. The SMILES string of the molecule is CCC(C)CC(CC)NN1C(C)CCCC1C. The Hall–Kier alpha value is -0.0800. The van der Waals surface area contributed by atoms with Crippen LogP contribution in [-0.4, -0.2) is 23.1 Å². The summed E-state index contributed by atoms with van der Waals surface area (Å²) in [5.41, 5.74) is 3.80. The van der Waals surface area contributed by atoms with E-state index >= 15 is 0 Å². The van der Waals surface area contributed by atoms with Crippen LogP contribution < -0.4 is 5.43 Å². The summed E-state index contributed by atoms with van der Waals surface area (Å²) in [7, 11) is 0. The van der Waals surface area contributed by atoms with E-state index in [1.165, 1.54) is 38.5 Å². The second-order valence-corrected chi connectivity index (χ2v) is 6.02.